The summed E-state index contributed by atoms with van der Waals surface area (Å²) in [6.45, 7) is 0. The van der Waals surface area contributed by atoms with Gasteiger partial charge in [0.25, 0.3) is 0 Å². The van der Waals surface area contributed by atoms with Gasteiger partial charge in [0.05, 0.1) is 5.39 Å². The highest BCUT2D eigenvalue weighted by atomic mass is 16.3. The standard InChI is InChI=1S/C27H18N2O2/c1-28-22-8-4-5-18(13-22)9-10-19-11-12-23-25(30)16-27(31-26(23)14-19)24-15-20-6-2-3-7-21(20)17-29-24/h2-8,11-17,28H,1H3. The minimum Gasteiger partial charge on any atom is -0.454 e. The van der Waals surface area contributed by atoms with E-state index in [-0.39, 0.29) is 5.43 Å². The number of pyridine rings is 1. The van der Waals surface area contributed by atoms with Crippen LogP contribution in [-0.4, -0.2) is 12.0 Å². The third-order valence-corrected chi connectivity index (χ3v) is 5.11. The fourth-order valence-corrected chi connectivity index (χ4v) is 3.47. The third-order valence-electron chi connectivity index (χ3n) is 5.11. The van der Waals surface area contributed by atoms with Crippen molar-refractivity contribution in [2.45, 2.75) is 0 Å². The van der Waals surface area contributed by atoms with E-state index in [2.05, 4.69) is 22.1 Å². The van der Waals surface area contributed by atoms with Crippen LogP contribution in [0.25, 0.3) is 33.2 Å². The van der Waals surface area contributed by atoms with Crippen LogP contribution in [0.5, 0.6) is 0 Å². The van der Waals surface area contributed by atoms with Crippen LogP contribution >= 0.6 is 0 Å². The molecule has 0 fully saturated rings. The molecular formula is C27H18N2O2. The van der Waals surface area contributed by atoms with Crippen molar-refractivity contribution in [1.82, 2.24) is 4.98 Å². The van der Waals surface area contributed by atoms with E-state index >= 15 is 0 Å². The van der Waals surface area contributed by atoms with Crippen LogP contribution in [0.2, 0.25) is 0 Å². The fraction of sp³-hybridized carbons (Fsp3) is 0.0370. The van der Waals surface area contributed by atoms with E-state index in [1.54, 1.807) is 18.3 Å². The molecule has 0 aliphatic heterocycles. The number of aromatic nitrogens is 1. The van der Waals surface area contributed by atoms with Gasteiger partial charge >= 0.3 is 0 Å². The van der Waals surface area contributed by atoms with Gasteiger partial charge in [0, 0.05) is 41.5 Å². The van der Waals surface area contributed by atoms with Gasteiger partial charge in [-0.3, -0.25) is 9.78 Å². The van der Waals surface area contributed by atoms with Gasteiger partial charge < -0.3 is 9.73 Å². The van der Waals surface area contributed by atoms with E-state index in [4.69, 9.17) is 4.42 Å². The Kier molecular flexibility index (Phi) is 4.70. The van der Waals surface area contributed by atoms with Crippen molar-refractivity contribution < 1.29 is 4.42 Å². The summed E-state index contributed by atoms with van der Waals surface area (Å²) >= 11 is 0. The molecule has 0 aliphatic rings. The molecule has 0 saturated heterocycles. The molecule has 0 atom stereocenters. The second-order valence-electron chi connectivity index (χ2n) is 7.18. The molecule has 148 valence electrons. The predicted molar refractivity (Wildman–Crippen MR) is 125 cm³/mol. The minimum atomic E-state index is -0.104. The zero-order chi connectivity index (χ0) is 21.2. The Balaban J connectivity index is 1.56. The highest BCUT2D eigenvalue weighted by Crippen LogP contribution is 2.24. The first-order chi connectivity index (χ1) is 15.2. The lowest BCUT2D eigenvalue weighted by molar-refractivity contribution is 0.616. The zero-order valence-corrected chi connectivity index (χ0v) is 16.8. The Morgan fingerprint density at radius 1 is 0.839 bits per heavy atom. The van der Waals surface area contributed by atoms with Crippen molar-refractivity contribution in [3.05, 3.63) is 106 Å². The Morgan fingerprint density at radius 2 is 1.65 bits per heavy atom. The van der Waals surface area contributed by atoms with E-state index in [0.29, 0.717) is 22.4 Å². The van der Waals surface area contributed by atoms with Crippen molar-refractivity contribution in [2.24, 2.45) is 0 Å². The van der Waals surface area contributed by atoms with E-state index in [1.807, 2.05) is 67.7 Å². The van der Waals surface area contributed by atoms with Crippen molar-refractivity contribution >= 4 is 27.4 Å². The van der Waals surface area contributed by atoms with Crippen LogP contribution in [0.4, 0.5) is 5.69 Å². The number of anilines is 1. The third kappa shape index (κ3) is 3.77. The first kappa shape index (κ1) is 18.7. The van der Waals surface area contributed by atoms with Gasteiger partial charge in [-0.15, -0.1) is 0 Å². The number of rotatable bonds is 2. The number of fused-ring (bicyclic) bond motifs is 2. The van der Waals surface area contributed by atoms with Crippen molar-refractivity contribution in [2.75, 3.05) is 12.4 Å². The van der Waals surface area contributed by atoms with Crippen LogP contribution in [-0.2, 0) is 0 Å². The molecule has 4 heteroatoms. The largest absolute Gasteiger partial charge is 0.454 e. The summed E-state index contributed by atoms with van der Waals surface area (Å²) in [6.07, 6.45) is 1.79. The molecule has 1 N–H and O–H groups in total. The van der Waals surface area contributed by atoms with Gasteiger partial charge in [0.2, 0.25) is 0 Å². The highest BCUT2D eigenvalue weighted by molar-refractivity contribution is 5.85. The molecule has 0 spiro atoms. The number of hydrogen-bond acceptors (Lipinski definition) is 4. The molecule has 0 unspecified atom stereocenters. The van der Waals surface area contributed by atoms with Crippen LogP contribution in [0.15, 0.2) is 94.3 Å². The normalized spacial score (nSPS) is 10.6. The first-order valence-corrected chi connectivity index (χ1v) is 9.92. The van der Waals surface area contributed by atoms with Crippen LogP contribution in [0, 0.1) is 11.8 Å². The predicted octanol–water partition coefficient (Wildman–Crippen LogP) is 5.45. The van der Waals surface area contributed by atoms with Gasteiger partial charge in [0.1, 0.15) is 11.3 Å². The van der Waals surface area contributed by atoms with Gasteiger partial charge in [-0.25, -0.2) is 0 Å². The lowest BCUT2D eigenvalue weighted by Gasteiger charge is -2.04. The Hall–Kier alpha value is -4.36. The van der Waals surface area contributed by atoms with E-state index in [1.165, 1.54) is 6.07 Å². The number of nitrogens with one attached hydrogen (secondary N) is 1. The molecule has 5 aromatic rings. The maximum atomic E-state index is 12.7. The molecule has 4 nitrogen and oxygen atoms in total. The smallest absolute Gasteiger partial charge is 0.193 e. The number of hydrogen-bond donors (Lipinski definition) is 1. The molecule has 0 saturated carbocycles. The van der Waals surface area contributed by atoms with Gasteiger partial charge in [-0.05, 0) is 47.9 Å². The summed E-state index contributed by atoms with van der Waals surface area (Å²) in [4.78, 5) is 17.1. The monoisotopic (exact) mass is 402 g/mol. The lowest BCUT2D eigenvalue weighted by atomic mass is 10.1. The molecule has 2 aromatic heterocycles. The quantitative estimate of drug-likeness (QED) is 0.399. The van der Waals surface area contributed by atoms with Crippen LogP contribution in [0.3, 0.4) is 0 Å². The van der Waals surface area contributed by atoms with Crippen molar-refractivity contribution in [1.29, 1.82) is 0 Å². The summed E-state index contributed by atoms with van der Waals surface area (Å²) in [5.41, 5.74) is 3.69. The van der Waals surface area contributed by atoms with Crippen LogP contribution in [0.1, 0.15) is 11.1 Å². The van der Waals surface area contributed by atoms with Crippen molar-refractivity contribution in [3.63, 3.8) is 0 Å². The molecule has 3 aromatic carbocycles. The summed E-state index contributed by atoms with van der Waals surface area (Å²) in [5.74, 6) is 6.75. The summed E-state index contributed by atoms with van der Waals surface area (Å²) in [6, 6.07) is 24.6. The Labute approximate surface area is 179 Å². The Morgan fingerprint density at radius 3 is 2.48 bits per heavy atom. The lowest BCUT2D eigenvalue weighted by Crippen LogP contribution is -2.01. The molecular weight excluding hydrogens is 384 g/mol. The van der Waals surface area contributed by atoms with E-state index in [0.717, 1.165) is 27.6 Å². The Bertz CT molecular complexity index is 1550. The van der Waals surface area contributed by atoms with E-state index < -0.39 is 0 Å². The number of benzene rings is 3. The first-order valence-electron chi connectivity index (χ1n) is 9.92. The number of nitrogens with zero attached hydrogens (tertiary/aromatic N) is 1. The average molecular weight is 402 g/mol. The van der Waals surface area contributed by atoms with Crippen molar-refractivity contribution in [3.8, 4) is 23.3 Å². The summed E-state index contributed by atoms with van der Waals surface area (Å²) in [7, 11) is 1.87. The molecule has 0 radical (unpaired) electrons. The van der Waals surface area contributed by atoms with E-state index in [9.17, 15) is 4.79 Å². The maximum absolute atomic E-state index is 12.7. The SMILES string of the molecule is CNc1cccc(C#Cc2ccc3c(=O)cc(-c4cc5ccccc5cn4)oc3c2)c1. The second-order valence-corrected chi connectivity index (χ2v) is 7.18. The fourth-order valence-electron chi connectivity index (χ4n) is 3.47. The molecule has 5 rings (SSSR count). The minimum absolute atomic E-state index is 0.104. The van der Waals surface area contributed by atoms with Gasteiger partial charge in [-0.2, -0.15) is 0 Å². The van der Waals surface area contributed by atoms with Crippen LogP contribution < -0.4 is 10.7 Å². The molecule has 0 bridgehead atoms. The molecule has 0 aliphatic carbocycles. The molecule has 31 heavy (non-hydrogen) atoms. The molecule has 0 amide bonds. The second kappa shape index (κ2) is 7.81. The van der Waals surface area contributed by atoms with Gasteiger partial charge in [-0.1, -0.05) is 42.2 Å². The topological polar surface area (TPSA) is 55.1 Å². The average Bonchev–Trinajstić information content (AvgIpc) is 2.82. The highest BCUT2D eigenvalue weighted by Gasteiger charge is 2.09. The zero-order valence-electron chi connectivity index (χ0n) is 16.8. The summed E-state index contributed by atoms with van der Waals surface area (Å²) < 4.78 is 6.07. The summed E-state index contributed by atoms with van der Waals surface area (Å²) in [5, 5.41) is 5.70. The molecule has 2 heterocycles. The van der Waals surface area contributed by atoms with Gasteiger partial charge in [0.15, 0.2) is 11.2 Å². The maximum Gasteiger partial charge on any atom is 0.193 e.